The molecular formula is C27H38N6O. The maximum absolute atomic E-state index is 5.46. The molecule has 0 amide bonds. The summed E-state index contributed by atoms with van der Waals surface area (Å²) >= 11 is 0. The van der Waals surface area contributed by atoms with E-state index in [1.165, 1.54) is 49.0 Å². The first kappa shape index (κ1) is 22.4. The number of aromatic nitrogens is 2. The van der Waals surface area contributed by atoms with Gasteiger partial charge in [-0.25, -0.2) is 9.97 Å². The zero-order valence-corrected chi connectivity index (χ0v) is 20.3. The quantitative estimate of drug-likeness (QED) is 0.731. The summed E-state index contributed by atoms with van der Waals surface area (Å²) in [5, 5.41) is 3.55. The standard InChI is InChI=1S/C27H38N6O/c1-2-5-24-23(4-1)25-22(20-27(24)6-8-28-9-7-27)21-29-26(30-25)33-14-12-31(13-15-33)10-3-11-32-16-18-34-19-17-32/h1-2,4-5,21,28H,3,6-20H2. The topological polar surface area (TPSA) is 56.8 Å². The molecule has 7 heteroatoms. The molecule has 1 aromatic carbocycles. The molecule has 0 atom stereocenters. The van der Waals surface area contributed by atoms with Crippen LogP contribution in [0.4, 0.5) is 5.95 Å². The minimum Gasteiger partial charge on any atom is -0.379 e. The van der Waals surface area contributed by atoms with Gasteiger partial charge in [0.05, 0.1) is 18.9 Å². The summed E-state index contributed by atoms with van der Waals surface area (Å²) < 4.78 is 5.46. The molecule has 0 saturated carbocycles. The van der Waals surface area contributed by atoms with Crippen molar-refractivity contribution in [2.45, 2.75) is 31.1 Å². The fraction of sp³-hybridized carbons (Fsp3) is 0.630. The molecule has 6 rings (SSSR count). The highest BCUT2D eigenvalue weighted by molar-refractivity contribution is 5.72. The van der Waals surface area contributed by atoms with Crippen LogP contribution in [-0.2, 0) is 16.6 Å². The van der Waals surface area contributed by atoms with Gasteiger partial charge in [-0.2, -0.15) is 0 Å². The Balaban J connectivity index is 1.11. The van der Waals surface area contributed by atoms with E-state index in [0.29, 0.717) is 0 Å². The first-order chi connectivity index (χ1) is 16.8. The van der Waals surface area contributed by atoms with Crippen LogP contribution < -0.4 is 10.2 Å². The fourth-order valence-corrected chi connectivity index (χ4v) is 6.39. The van der Waals surface area contributed by atoms with Crippen molar-refractivity contribution in [1.82, 2.24) is 25.1 Å². The molecule has 1 aliphatic carbocycles. The van der Waals surface area contributed by atoms with Crippen LogP contribution in [0.2, 0.25) is 0 Å². The zero-order valence-electron chi connectivity index (χ0n) is 20.3. The lowest BCUT2D eigenvalue weighted by Gasteiger charge is -2.43. The number of morpholine rings is 1. The van der Waals surface area contributed by atoms with Crippen LogP contribution >= 0.6 is 0 Å². The Bertz CT molecular complexity index is 977. The van der Waals surface area contributed by atoms with Gasteiger partial charge < -0.3 is 15.0 Å². The lowest BCUT2D eigenvalue weighted by molar-refractivity contribution is 0.0360. The number of benzene rings is 1. The minimum atomic E-state index is 0.243. The second-order valence-electron chi connectivity index (χ2n) is 10.4. The Morgan fingerprint density at radius 1 is 0.912 bits per heavy atom. The zero-order chi connectivity index (χ0) is 22.8. The Hall–Kier alpha value is -2.06. The molecule has 2 aromatic rings. The van der Waals surface area contributed by atoms with Gasteiger partial charge >= 0.3 is 0 Å². The highest BCUT2D eigenvalue weighted by atomic mass is 16.5. The monoisotopic (exact) mass is 462 g/mol. The van der Waals surface area contributed by atoms with E-state index in [2.05, 4.69) is 50.5 Å². The maximum atomic E-state index is 5.46. The second kappa shape index (κ2) is 9.90. The Kier molecular flexibility index (Phi) is 6.52. The molecule has 182 valence electrons. The predicted octanol–water partition coefficient (Wildman–Crippen LogP) is 2.17. The van der Waals surface area contributed by atoms with E-state index in [4.69, 9.17) is 14.7 Å². The smallest absolute Gasteiger partial charge is 0.225 e. The number of nitrogens with one attached hydrogen (secondary N) is 1. The third-order valence-electron chi connectivity index (χ3n) is 8.40. The van der Waals surface area contributed by atoms with Gasteiger partial charge in [0.25, 0.3) is 0 Å². The minimum absolute atomic E-state index is 0.243. The number of nitrogens with zero attached hydrogens (tertiary/aromatic N) is 5. The van der Waals surface area contributed by atoms with Crippen LogP contribution in [0.25, 0.3) is 11.3 Å². The summed E-state index contributed by atoms with van der Waals surface area (Å²) in [5.74, 6) is 0.905. The number of hydrogen-bond acceptors (Lipinski definition) is 7. The molecule has 0 radical (unpaired) electrons. The van der Waals surface area contributed by atoms with Crippen LogP contribution in [0.5, 0.6) is 0 Å². The molecule has 0 unspecified atom stereocenters. The lowest BCUT2D eigenvalue weighted by atomic mass is 9.64. The average molecular weight is 463 g/mol. The maximum Gasteiger partial charge on any atom is 0.225 e. The number of ether oxygens (including phenoxy) is 1. The van der Waals surface area contributed by atoms with Crippen molar-refractivity contribution < 1.29 is 4.74 Å². The highest BCUT2D eigenvalue weighted by Gasteiger charge is 2.40. The van der Waals surface area contributed by atoms with Gasteiger partial charge in [-0.1, -0.05) is 24.3 Å². The first-order valence-electron chi connectivity index (χ1n) is 13.2. The van der Waals surface area contributed by atoms with Crippen molar-refractivity contribution in [2.75, 3.05) is 83.6 Å². The highest BCUT2D eigenvalue weighted by Crippen LogP contribution is 2.47. The molecule has 4 heterocycles. The number of hydrogen-bond donors (Lipinski definition) is 1. The van der Waals surface area contributed by atoms with E-state index in [1.54, 1.807) is 0 Å². The van der Waals surface area contributed by atoms with Gasteiger partial charge in [0.2, 0.25) is 5.95 Å². The molecule has 4 aliphatic rings. The van der Waals surface area contributed by atoms with E-state index in [9.17, 15) is 0 Å². The third-order valence-corrected chi connectivity index (χ3v) is 8.40. The molecule has 3 aliphatic heterocycles. The summed E-state index contributed by atoms with van der Waals surface area (Å²) in [5.41, 5.74) is 5.56. The molecule has 7 nitrogen and oxygen atoms in total. The summed E-state index contributed by atoms with van der Waals surface area (Å²) in [6.07, 6.45) is 6.82. The Morgan fingerprint density at radius 3 is 2.44 bits per heavy atom. The molecule has 1 spiro atoms. The molecule has 3 saturated heterocycles. The number of piperazine rings is 1. The van der Waals surface area contributed by atoms with Gasteiger partial charge in [-0.3, -0.25) is 9.80 Å². The van der Waals surface area contributed by atoms with Gasteiger partial charge in [0, 0.05) is 56.4 Å². The second-order valence-corrected chi connectivity index (χ2v) is 10.4. The van der Waals surface area contributed by atoms with Gasteiger partial charge in [-0.15, -0.1) is 0 Å². The Morgan fingerprint density at radius 2 is 1.65 bits per heavy atom. The normalized spacial score (nSPS) is 23.0. The molecule has 34 heavy (non-hydrogen) atoms. The van der Waals surface area contributed by atoms with Crippen LogP contribution in [0.1, 0.15) is 30.4 Å². The van der Waals surface area contributed by atoms with Crippen LogP contribution in [-0.4, -0.2) is 98.4 Å². The Labute approximate surface area is 203 Å². The van der Waals surface area contributed by atoms with Gasteiger partial charge in [0.1, 0.15) is 0 Å². The van der Waals surface area contributed by atoms with Crippen molar-refractivity contribution >= 4 is 5.95 Å². The molecule has 1 N–H and O–H groups in total. The van der Waals surface area contributed by atoms with Crippen LogP contribution in [0.15, 0.2) is 30.5 Å². The van der Waals surface area contributed by atoms with Crippen molar-refractivity contribution in [3.05, 3.63) is 41.6 Å². The molecular weight excluding hydrogens is 424 g/mol. The van der Waals surface area contributed by atoms with Crippen molar-refractivity contribution in [3.8, 4) is 11.3 Å². The molecule has 1 aromatic heterocycles. The summed E-state index contributed by atoms with van der Waals surface area (Å²) in [6, 6.07) is 9.00. The van der Waals surface area contributed by atoms with Crippen LogP contribution in [0.3, 0.4) is 0 Å². The number of piperidine rings is 1. The van der Waals surface area contributed by atoms with Crippen molar-refractivity contribution in [2.24, 2.45) is 0 Å². The molecule has 0 bridgehead atoms. The molecule has 3 fully saturated rings. The lowest BCUT2D eigenvalue weighted by Crippen LogP contribution is -2.48. The summed E-state index contributed by atoms with van der Waals surface area (Å²) in [6.45, 7) is 12.7. The summed E-state index contributed by atoms with van der Waals surface area (Å²) in [4.78, 5) is 17.6. The van der Waals surface area contributed by atoms with E-state index in [1.807, 2.05) is 0 Å². The third kappa shape index (κ3) is 4.47. The summed E-state index contributed by atoms with van der Waals surface area (Å²) in [7, 11) is 0. The van der Waals surface area contributed by atoms with Gasteiger partial charge in [-0.05, 0) is 63.0 Å². The number of anilines is 1. The van der Waals surface area contributed by atoms with E-state index >= 15 is 0 Å². The SMILES string of the molecule is c1ccc2c(c1)-c1nc(N3CCN(CCCN4CCOCC4)CC3)ncc1CC21CCNCC1. The number of rotatable bonds is 5. The number of fused-ring (bicyclic) bond motifs is 4. The van der Waals surface area contributed by atoms with Gasteiger partial charge in [0.15, 0.2) is 0 Å². The average Bonchev–Trinajstić information content (AvgIpc) is 2.90. The van der Waals surface area contributed by atoms with Crippen LogP contribution in [0, 0.1) is 0 Å². The van der Waals surface area contributed by atoms with E-state index in [-0.39, 0.29) is 5.41 Å². The fourth-order valence-electron chi connectivity index (χ4n) is 6.39. The first-order valence-corrected chi connectivity index (χ1v) is 13.2. The van der Waals surface area contributed by atoms with E-state index in [0.717, 1.165) is 83.6 Å². The largest absolute Gasteiger partial charge is 0.379 e. The van der Waals surface area contributed by atoms with Crippen molar-refractivity contribution in [1.29, 1.82) is 0 Å². The predicted molar refractivity (Wildman–Crippen MR) is 135 cm³/mol. The van der Waals surface area contributed by atoms with E-state index < -0.39 is 0 Å². The van der Waals surface area contributed by atoms with Crippen molar-refractivity contribution in [3.63, 3.8) is 0 Å².